The molecule has 0 aliphatic carbocycles. The smallest absolute Gasteiger partial charge is 0.305 e. The molecule has 1 atom stereocenters. The van der Waals surface area contributed by atoms with Crippen molar-refractivity contribution >= 4 is 23.5 Å². The summed E-state index contributed by atoms with van der Waals surface area (Å²) >= 11 is 0. The second kappa shape index (κ2) is 10.7. The molecule has 1 unspecified atom stereocenters. The Bertz CT molecular complexity index is 790. The molecule has 0 fully saturated rings. The number of carboxylic acids is 1. The molecule has 2 amide bonds. The van der Waals surface area contributed by atoms with Crippen LogP contribution in [0.25, 0.3) is 0 Å². The standard InChI is InChI=1S/C21H24N2O5/c1-15(12-14-28-18-5-3-2-4-6-18)20(26)23-17-9-7-16(8-10-17)21(27)22-13-11-19(24)25/h2-10,15H,11-14H2,1H3,(H,22,27)(H,23,26)(H,24,25). The number of aliphatic carboxylic acids is 1. The highest BCUT2D eigenvalue weighted by atomic mass is 16.5. The molecule has 148 valence electrons. The SMILES string of the molecule is CC(CCOc1ccccc1)C(=O)Nc1ccc(C(=O)NCCC(=O)O)cc1. The first-order valence-electron chi connectivity index (χ1n) is 9.04. The quantitative estimate of drug-likeness (QED) is 0.584. The lowest BCUT2D eigenvalue weighted by molar-refractivity contribution is -0.136. The number of anilines is 1. The van der Waals surface area contributed by atoms with E-state index in [-0.39, 0.29) is 30.7 Å². The summed E-state index contributed by atoms with van der Waals surface area (Å²) in [6.45, 7) is 2.33. The summed E-state index contributed by atoms with van der Waals surface area (Å²) in [5.41, 5.74) is 0.982. The summed E-state index contributed by atoms with van der Waals surface area (Å²) in [5.74, 6) is -0.919. The van der Waals surface area contributed by atoms with Gasteiger partial charge in [-0.25, -0.2) is 0 Å². The predicted octanol–water partition coefficient (Wildman–Crippen LogP) is 2.93. The van der Waals surface area contributed by atoms with Crippen molar-refractivity contribution in [2.75, 3.05) is 18.5 Å². The second-order valence-electron chi connectivity index (χ2n) is 6.32. The van der Waals surface area contributed by atoms with Crippen molar-refractivity contribution < 1.29 is 24.2 Å². The molecule has 0 spiro atoms. The highest BCUT2D eigenvalue weighted by molar-refractivity contribution is 5.96. The monoisotopic (exact) mass is 384 g/mol. The van der Waals surface area contributed by atoms with Gasteiger partial charge in [0.15, 0.2) is 0 Å². The number of rotatable bonds is 10. The number of carboxylic acid groups (broad SMARTS) is 1. The minimum Gasteiger partial charge on any atom is -0.494 e. The Hall–Kier alpha value is -3.35. The number of carbonyl (C=O) groups excluding carboxylic acids is 2. The van der Waals surface area contributed by atoms with Crippen molar-refractivity contribution in [2.45, 2.75) is 19.8 Å². The van der Waals surface area contributed by atoms with Crippen LogP contribution in [0.2, 0.25) is 0 Å². The van der Waals surface area contributed by atoms with Gasteiger partial charge >= 0.3 is 5.97 Å². The number of carbonyl (C=O) groups is 3. The lowest BCUT2D eigenvalue weighted by Gasteiger charge is -2.13. The van der Waals surface area contributed by atoms with Gasteiger partial charge < -0.3 is 20.5 Å². The zero-order chi connectivity index (χ0) is 20.4. The minimum atomic E-state index is -0.971. The molecular weight excluding hydrogens is 360 g/mol. The molecule has 7 nitrogen and oxygen atoms in total. The van der Waals surface area contributed by atoms with Crippen molar-refractivity contribution in [1.29, 1.82) is 0 Å². The third-order valence-corrected chi connectivity index (χ3v) is 4.05. The molecule has 0 heterocycles. The maximum absolute atomic E-state index is 12.3. The van der Waals surface area contributed by atoms with Gasteiger partial charge in [-0.05, 0) is 42.8 Å². The van der Waals surface area contributed by atoms with Gasteiger partial charge in [0.05, 0.1) is 13.0 Å². The van der Waals surface area contributed by atoms with E-state index in [1.165, 1.54) is 0 Å². The summed E-state index contributed by atoms with van der Waals surface area (Å²) in [4.78, 5) is 34.6. The average molecular weight is 384 g/mol. The average Bonchev–Trinajstić information content (AvgIpc) is 2.69. The first-order valence-corrected chi connectivity index (χ1v) is 9.04. The van der Waals surface area contributed by atoms with Crippen molar-refractivity contribution in [3.05, 3.63) is 60.2 Å². The zero-order valence-corrected chi connectivity index (χ0v) is 15.7. The lowest BCUT2D eigenvalue weighted by atomic mass is 10.1. The van der Waals surface area contributed by atoms with E-state index in [4.69, 9.17) is 9.84 Å². The molecular formula is C21H24N2O5. The van der Waals surface area contributed by atoms with Crippen LogP contribution in [0.15, 0.2) is 54.6 Å². The second-order valence-corrected chi connectivity index (χ2v) is 6.32. The number of hydrogen-bond acceptors (Lipinski definition) is 4. The summed E-state index contributed by atoms with van der Waals surface area (Å²) in [6.07, 6.45) is 0.441. The molecule has 2 aromatic rings. The molecule has 28 heavy (non-hydrogen) atoms. The Morgan fingerprint density at radius 2 is 1.71 bits per heavy atom. The highest BCUT2D eigenvalue weighted by Gasteiger charge is 2.14. The van der Waals surface area contributed by atoms with Gasteiger partial charge in [-0.2, -0.15) is 0 Å². The van der Waals surface area contributed by atoms with Crippen LogP contribution in [0.1, 0.15) is 30.1 Å². The number of nitrogens with one attached hydrogen (secondary N) is 2. The number of benzene rings is 2. The first kappa shape index (κ1) is 21.0. The van der Waals surface area contributed by atoms with E-state index < -0.39 is 5.97 Å². The molecule has 0 aromatic heterocycles. The van der Waals surface area contributed by atoms with Gasteiger partial charge in [-0.3, -0.25) is 14.4 Å². The van der Waals surface area contributed by atoms with Gasteiger partial charge in [0, 0.05) is 23.7 Å². The van der Waals surface area contributed by atoms with Gasteiger partial charge in [0.2, 0.25) is 5.91 Å². The molecule has 0 saturated carbocycles. The van der Waals surface area contributed by atoms with Crippen molar-refractivity contribution in [3.63, 3.8) is 0 Å². The summed E-state index contributed by atoms with van der Waals surface area (Å²) in [7, 11) is 0. The topological polar surface area (TPSA) is 105 Å². The number of amides is 2. The summed E-state index contributed by atoms with van der Waals surface area (Å²) in [5, 5.41) is 13.9. The van der Waals surface area contributed by atoms with Crippen LogP contribution < -0.4 is 15.4 Å². The molecule has 0 aliphatic rings. The van der Waals surface area contributed by atoms with E-state index in [2.05, 4.69) is 10.6 Å². The molecule has 3 N–H and O–H groups in total. The van der Waals surface area contributed by atoms with Crippen molar-refractivity contribution in [3.8, 4) is 5.75 Å². The maximum atomic E-state index is 12.3. The largest absolute Gasteiger partial charge is 0.494 e. The Kier molecular flexibility index (Phi) is 8.02. The van der Waals surface area contributed by atoms with Crippen LogP contribution in [-0.2, 0) is 9.59 Å². The number of ether oxygens (including phenoxy) is 1. The molecule has 0 saturated heterocycles. The minimum absolute atomic E-state index is 0.0647. The van der Waals surface area contributed by atoms with Crippen molar-refractivity contribution in [1.82, 2.24) is 5.32 Å². The maximum Gasteiger partial charge on any atom is 0.305 e. The predicted molar refractivity (Wildman–Crippen MR) is 105 cm³/mol. The van der Waals surface area contributed by atoms with Gasteiger partial charge in [0.25, 0.3) is 5.91 Å². The Morgan fingerprint density at radius 1 is 1.04 bits per heavy atom. The number of para-hydroxylation sites is 1. The molecule has 2 aromatic carbocycles. The highest BCUT2D eigenvalue weighted by Crippen LogP contribution is 2.14. The fraction of sp³-hybridized carbons (Fsp3) is 0.286. The molecule has 2 rings (SSSR count). The van der Waals surface area contributed by atoms with E-state index >= 15 is 0 Å². The lowest BCUT2D eigenvalue weighted by Crippen LogP contribution is -2.26. The van der Waals surface area contributed by atoms with Gasteiger partial charge in [-0.15, -0.1) is 0 Å². The summed E-state index contributed by atoms with van der Waals surface area (Å²) in [6, 6.07) is 15.9. The third-order valence-electron chi connectivity index (χ3n) is 4.05. The van der Waals surface area contributed by atoms with E-state index in [1.54, 1.807) is 24.3 Å². The molecule has 0 aliphatic heterocycles. The van der Waals surface area contributed by atoms with Crippen LogP contribution in [0.5, 0.6) is 5.75 Å². The fourth-order valence-corrected chi connectivity index (χ4v) is 2.36. The van der Waals surface area contributed by atoms with Crippen LogP contribution in [0, 0.1) is 5.92 Å². The van der Waals surface area contributed by atoms with Crippen LogP contribution >= 0.6 is 0 Å². The van der Waals surface area contributed by atoms with Crippen LogP contribution in [0.3, 0.4) is 0 Å². The molecule has 7 heteroatoms. The Labute approximate surface area is 163 Å². The first-order chi connectivity index (χ1) is 13.5. The van der Waals surface area contributed by atoms with Gasteiger partial charge in [0.1, 0.15) is 5.75 Å². The fourth-order valence-electron chi connectivity index (χ4n) is 2.36. The number of hydrogen-bond donors (Lipinski definition) is 3. The van der Waals surface area contributed by atoms with Crippen LogP contribution in [-0.4, -0.2) is 36.0 Å². The summed E-state index contributed by atoms with van der Waals surface area (Å²) < 4.78 is 5.60. The van der Waals surface area contributed by atoms with Gasteiger partial charge in [-0.1, -0.05) is 25.1 Å². The van der Waals surface area contributed by atoms with E-state index in [0.29, 0.717) is 24.3 Å². The third kappa shape index (κ3) is 7.11. The van der Waals surface area contributed by atoms with Crippen LogP contribution in [0.4, 0.5) is 5.69 Å². The van der Waals surface area contributed by atoms with E-state index in [1.807, 2.05) is 37.3 Å². The normalized spacial score (nSPS) is 11.3. The van der Waals surface area contributed by atoms with E-state index in [0.717, 1.165) is 5.75 Å². The molecule has 0 radical (unpaired) electrons. The van der Waals surface area contributed by atoms with E-state index in [9.17, 15) is 14.4 Å². The Morgan fingerprint density at radius 3 is 2.36 bits per heavy atom. The van der Waals surface area contributed by atoms with Crippen molar-refractivity contribution in [2.24, 2.45) is 5.92 Å². The Balaban J connectivity index is 1.76. The molecule has 0 bridgehead atoms. The zero-order valence-electron chi connectivity index (χ0n) is 15.7.